The number of likely N-dealkylation sites (tertiary alicyclic amines) is 1. The van der Waals surface area contributed by atoms with E-state index >= 15 is 0 Å². The van der Waals surface area contributed by atoms with Gasteiger partial charge in [-0.25, -0.2) is 13.1 Å². The van der Waals surface area contributed by atoms with Gasteiger partial charge >= 0.3 is 0 Å². The van der Waals surface area contributed by atoms with Crippen molar-refractivity contribution in [3.05, 3.63) is 59.7 Å². The SMILES string of the molecule is Cc1ccc(-c2ccccc2)c([C@@H]2C[C@H]2C(=O)N2CCC[C@H](NS(C)(=O)=O)CC2)c1. The van der Waals surface area contributed by atoms with Crippen molar-refractivity contribution in [1.29, 1.82) is 0 Å². The highest BCUT2D eigenvalue weighted by Gasteiger charge is 2.46. The number of carbonyl (C=O) groups is 1. The second-order valence-corrected chi connectivity index (χ2v) is 10.5. The highest BCUT2D eigenvalue weighted by atomic mass is 32.2. The van der Waals surface area contributed by atoms with Gasteiger partial charge in [-0.15, -0.1) is 0 Å². The zero-order valence-corrected chi connectivity index (χ0v) is 18.5. The van der Waals surface area contributed by atoms with Crippen molar-refractivity contribution in [2.45, 2.75) is 44.6 Å². The average molecular weight is 427 g/mol. The highest BCUT2D eigenvalue weighted by molar-refractivity contribution is 7.88. The fourth-order valence-electron chi connectivity index (χ4n) is 4.65. The Balaban J connectivity index is 1.46. The molecule has 30 heavy (non-hydrogen) atoms. The summed E-state index contributed by atoms with van der Waals surface area (Å²) in [5.74, 6) is 0.523. The number of hydrogen-bond donors (Lipinski definition) is 1. The smallest absolute Gasteiger partial charge is 0.226 e. The first-order chi connectivity index (χ1) is 14.3. The van der Waals surface area contributed by atoms with Gasteiger partial charge in [0.25, 0.3) is 0 Å². The van der Waals surface area contributed by atoms with Crippen molar-refractivity contribution < 1.29 is 13.2 Å². The van der Waals surface area contributed by atoms with E-state index in [0.29, 0.717) is 19.5 Å². The molecule has 0 bridgehead atoms. The Morgan fingerprint density at radius 2 is 1.83 bits per heavy atom. The highest BCUT2D eigenvalue weighted by Crippen LogP contribution is 2.51. The first-order valence-corrected chi connectivity index (χ1v) is 12.6. The molecule has 2 aromatic carbocycles. The Bertz CT molecular complexity index is 1020. The monoisotopic (exact) mass is 426 g/mol. The van der Waals surface area contributed by atoms with Crippen LogP contribution in [0.15, 0.2) is 48.5 Å². The van der Waals surface area contributed by atoms with Crippen molar-refractivity contribution in [2.24, 2.45) is 5.92 Å². The largest absolute Gasteiger partial charge is 0.342 e. The Morgan fingerprint density at radius 1 is 1.07 bits per heavy atom. The van der Waals surface area contributed by atoms with Gasteiger partial charge in [-0.05, 0) is 55.2 Å². The van der Waals surface area contributed by atoms with Gasteiger partial charge in [-0.1, -0.05) is 54.1 Å². The lowest BCUT2D eigenvalue weighted by molar-refractivity contribution is -0.132. The number of carbonyl (C=O) groups excluding carboxylic acids is 1. The van der Waals surface area contributed by atoms with Gasteiger partial charge in [0, 0.05) is 25.0 Å². The van der Waals surface area contributed by atoms with E-state index < -0.39 is 10.0 Å². The van der Waals surface area contributed by atoms with Gasteiger partial charge in [0.1, 0.15) is 0 Å². The average Bonchev–Trinajstić information content (AvgIpc) is 3.51. The molecule has 0 unspecified atom stereocenters. The van der Waals surface area contributed by atoms with E-state index in [1.807, 2.05) is 23.1 Å². The molecule has 0 aromatic heterocycles. The topological polar surface area (TPSA) is 66.5 Å². The summed E-state index contributed by atoms with van der Waals surface area (Å²) in [6.07, 6.45) is 4.37. The Hall–Kier alpha value is -2.18. The van der Waals surface area contributed by atoms with Crippen LogP contribution in [0.4, 0.5) is 0 Å². The third-order valence-electron chi connectivity index (χ3n) is 6.22. The molecule has 6 heteroatoms. The Kier molecular flexibility index (Phi) is 5.98. The molecule has 2 aliphatic rings. The number of hydrogen-bond acceptors (Lipinski definition) is 3. The molecule has 1 heterocycles. The lowest BCUT2D eigenvalue weighted by Crippen LogP contribution is -2.36. The standard InChI is InChI=1S/C24H30N2O3S/c1-17-10-11-20(18-7-4-3-5-8-18)21(15-17)22-16-23(22)24(27)26-13-6-9-19(12-14-26)25-30(2,28)29/h3-5,7-8,10-11,15,19,22-23,25H,6,9,12-14,16H2,1-2H3/t19-,22-,23+/m0/s1. The van der Waals surface area contributed by atoms with E-state index in [1.165, 1.54) is 28.5 Å². The van der Waals surface area contributed by atoms with Crippen LogP contribution in [0.3, 0.4) is 0 Å². The van der Waals surface area contributed by atoms with E-state index in [4.69, 9.17) is 0 Å². The molecule has 1 amide bonds. The van der Waals surface area contributed by atoms with E-state index in [2.05, 4.69) is 42.0 Å². The zero-order valence-electron chi connectivity index (χ0n) is 17.7. The van der Waals surface area contributed by atoms with Crippen LogP contribution in [0.2, 0.25) is 0 Å². The summed E-state index contributed by atoms with van der Waals surface area (Å²) in [6.45, 7) is 3.43. The first kappa shape index (κ1) is 21.1. The molecule has 4 rings (SSSR count). The molecule has 160 valence electrons. The van der Waals surface area contributed by atoms with Crippen LogP contribution in [0.25, 0.3) is 11.1 Å². The van der Waals surface area contributed by atoms with Crippen molar-refractivity contribution >= 4 is 15.9 Å². The number of benzene rings is 2. The number of nitrogens with one attached hydrogen (secondary N) is 1. The van der Waals surface area contributed by atoms with E-state index in [0.717, 1.165) is 19.3 Å². The molecule has 2 fully saturated rings. The van der Waals surface area contributed by atoms with Crippen LogP contribution in [0.1, 0.15) is 42.7 Å². The van der Waals surface area contributed by atoms with Gasteiger partial charge in [0.05, 0.1) is 6.26 Å². The number of aryl methyl sites for hydroxylation is 1. The van der Waals surface area contributed by atoms with E-state index in [9.17, 15) is 13.2 Å². The van der Waals surface area contributed by atoms with Crippen LogP contribution in [0, 0.1) is 12.8 Å². The Morgan fingerprint density at radius 3 is 2.57 bits per heavy atom. The van der Waals surface area contributed by atoms with Gasteiger partial charge in [0.15, 0.2) is 0 Å². The second-order valence-electron chi connectivity index (χ2n) is 8.75. The van der Waals surface area contributed by atoms with Crippen molar-refractivity contribution in [2.75, 3.05) is 19.3 Å². The molecular weight excluding hydrogens is 396 g/mol. The van der Waals surface area contributed by atoms with Crippen molar-refractivity contribution in [1.82, 2.24) is 9.62 Å². The van der Waals surface area contributed by atoms with Crippen LogP contribution < -0.4 is 4.72 Å². The number of rotatable bonds is 5. The van der Waals surface area contributed by atoms with Gasteiger partial charge < -0.3 is 4.90 Å². The second kappa shape index (κ2) is 8.52. The van der Waals surface area contributed by atoms with Crippen LogP contribution in [0.5, 0.6) is 0 Å². The molecule has 2 aromatic rings. The minimum Gasteiger partial charge on any atom is -0.342 e. The molecule has 1 N–H and O–H groups in total. The van der Waals surface area contributed by atoms with E-state index in [1.54, 1.807) is 0 Å². The van der Waals surface area contributed by atoms with Gasteiger partial charge in [-0.2, -0.15) is 0 Å². The summed E-state index contributed by atoms with van der Waals surface area (Å²) < 4.78 is 25.8. The summed E-state index contributed by atoms with van der Waals surface area (Å²) in [6, 6.07) is 16.8. The molecule has 1 aliphatic heterocycles. The third kappa shape index (κ3) is 4.93. The summed E-state index contributed by atoms with van der Waals surface area (Å²) in [4.78, 5) is 15.2. The van der Waals surface area contributed by atoms with Crippen molar-refractivity contribution in [3.63, 3.8) is 0 Å². The minimum atomic E-state index is -3.22. The van der Waals surface area contributed by atoms with Crippen LogP contribution in [-0.2, 0) is 14.8 Å². The Labute approximate surface area is 179 Å². The van der Waals surface area contributed by atoms with Gasteiger partial charge in [-0.3, -0.25) is 4.79 Å². The van der Waals surface area contributed by atoms with Crippen molar-refractivity contribution in [3.8, 4) is 11.1 Å². The maximum atomic E-state index is 13.2. The fraction of sp³-hybridized carbons (Fsp3) is 0.458. The predicted octanol–water partition coefficient (Wildman–Crippen LogP) is 3.70. The van der Waals surface area contributed by atoms with Gasteiger partial charge in [0.2, 0.25) is 15.9 Å². The number of amides is 1. The normalized spacial score (nSPS) is 24.3. The molecule has 1 aliphatic carbocycles. The van der Waals surface area contributed by atoms with E-state index in [-0.39, 0.29) is 23.8 Å². The maximum Gasteiger partial charge on any atom is 0.226 e. The predicted molar refractivity (Wildman–Crippen MR) is 120 cm³/mol. The fourth-order valence-corrected chi connectivity index (χ4v) is 5.49. The summed E-state index contributed by atoms with van der Waals surface area (Å²) >= 11 is 0. The number of nitrogens with zero attached hydrogens (tertiary/aromatic N) is 1. The molecule has 0 spiro atoms. The summed E-state index contributed by atoms with van der Waals surface area (Å²) in [5.41, 5.74) is 4.89. The minimum absolute atomic E-state index is 0.0358. The quantitative estimate of drug-likeness (QED) is 0.793. The summed E-state index contributed by atoms with van der Waals surface area (Å²) in [5, 5.41) is 0. The number of sulfonamides is 1. The molecule has 1 saturated heterocycles. The molecular formula is C24H30N2O3S. The van der Waals surface area contributed by atoms with Crippen LogP contribution in [-0.4, -0.2) is 44.6 Å². The van der Waals surface area contributed by atoms with Crippen LogP contribution >= 0.6 is 0 Å². The molecule has 1 saturated carbocycles. The zero-order chi connectivity index (χ0) is 21.3. The molecule has 0 radical (unpaired) electrons. The summed E-state index contributed by atoms with van der Waals surface area (Å²) in [7, 11) is -3.22. The first-order valence-electron chi connectivity index (χ1n) is 10.7. The lowest BCUT2D eigenvalue weighted by Gasteiger charge is -2.21. The lowest BCUT2D eigenvalue weighted by atomic mass is 9.94. The molecule has 5 nitrogen and oxygen atoms in total. The maximum absolute atomic E-state index is 13.2. The third-order valence-corrected chi connectivity index (χ3v) is 6.98. The molecule has 3 atom stereocenters.